The van der Waals surface area contributed by atoms with Crippen molar-refractivity contribution < 1.29 is 24.2 Å². The lowest BCUT2D eigenvalue weighted by Crippen LogP contribution is -2.12. The third-order valence-corrected chi connectivity index (χ3v) is 5.14. The van der Waals surface area contributed by atoms with Crippen LogP contribution in [0.15, 0.2) is 18.5 Å². The Morgan fingerprint density at radius 2 is 2.21 bits per heavy atom. The van der Waals surface area contributed by atoms with Crippen molar-refractivity contribution in [2.45, 2.75) is 6.42 Å². The van der Waals surface area contributed by atoms with Gasteiger partial charge in [-0.05, 0) is 12.0 Å². The predicted molar refractivity (Wildman–Crippen MR) is 101 cm³/mol. The Morgan fingerprint density at radius 1 is 1.36 bits per heavy atom. The number of carbonyl (C=O) groups is 2. The summed E-state index contributed by atoms with van der Waals surface area (Å²) in [5.74, 6) is -1.74. The lowest BCUT2D eigenvalue weighted by molar-refractivity contribution is 0.0684. The number of nitrogens with one attached hydrogen (secondary N) is 2. The first-order chi connectivity index (χ1) is 13.6. The van der Waals surface area contributed by atoms with Crippen molar-refractivity contribution in [3.8, 4) is 5.88 Å². The zero-order chi connectivity index (χ0) is 19.7. The quantitative estimate of drug-likeness (QED) is 0.591. The number of nitrogens with zero attached hydrogens (tertiary/aromatic N) is 3. The highest BCUT2D eigenvalue weighted by Crippen LogP contribution is 2.37. The smallest absolute Gasteiger partial charge is 0.371 e. The summed E-state index contributed by atoms with van der Waals surface area (Å²) in [4.78, 5) is 38.1. The third kappa shape index (κ3) is 3.32. The number of carboxylic acids is 1. The fourth-order valence-electron chi connectivity index (χ4n) is 2.80. The van der Waals surface area contributed by atoms with Gasteiger partial charge in [0.05, 0.1) is 31.2 Å². The van der Waals surface area contributed by atoms with Crippen molar-refractivity contribution in [3.63, 3.8) is 0 Å². The second-order valence-electron chi connectivity index (χ2n) is 5.84. The molecule has 1 amide bonds. The number of hydrogen-bond donors (Lipinski definition) is 3. The molecule has 0 saturated heterocycles. The van der Waals surface area contributed by atoms with E-state index in [4.69, 9.17) is 14.6 Å². The minimum atomic E-state index is -1.25. The molecule has 0 aromatic carbocycles. The molecule has 0 aliphatic carbocycles. The number of fused-ring (bicyclic) bond motifs is 1. The number of methoxy groups -OCH3 is 1. The van der Waals surface area contributed by atoms with E-state index in [2.05, 4.69) is 25.3 Å². The van der Waals surface area contributed by atoms with Gasteiger partial charge in [0.25, 0.3) is 5.91 Å². The topological polar surface area (TPSA) is 139 Å². The predicted octanol–water partition coefficient (Wildman–Crippen LogP) is 2.18. The lowest BCUT2D eigenvalue weighted by atomic mass is 10.0. The van der Waals surface area contributed by atoms with Crippen molar-refractivity contribution in [2.24, 2.45) is 0 Å². The van der Waals surface area contributed by atoms with Crippen molar-refractivity contribution >= 4 is 44.1 Å². The Labute approximate surface area is 162 Å². The monoisotopic (exact) mass is 401 g/mol. The highest BCUT2D eigenvalue weighted by Gasteiger charge is 2.20. The molecule has 11 heteroatoms. The van der Waals surface area contributed by atoms with Gasteiger partial charge >= 0.3 is 5.97 Å². The van der Waals surface area contributed by atoms with Gasteiger partial charge in [0.15, 0.2) is 5.13 Å². The summed E-state index contributed by atoms with van der Waals surface area (Å²) in [7, 11) is 1.50. The van der Waals surface area contributed by atoms with Crippen molar-refractivity contribution in [3.05, 3.63) is 35.6 Å². The maximum atomic E-state index is 12.4. The Kier molecular flexibility index (Phi) is 4.75. The minimum absolute atomic E-state index is 0.0223. The van der Waals surface area contributed by atoms with Crippen LogP contribution in [-0.4, -0.2) is 57.2 Å². The summed E-state index contributed by atoms with van der Waals surface area (Å²) in [5, 5.41) is 11.9. The fourth-order valence-corrected chi connectivity index (χ4v) is 3.80. The summed E-state index contributed by atoms with van der Waals surface area (Å²) >= 11 is 1.29. The summed E-state index contributed by atoms with van der Waals surface area (Å²) < 4.78 is 11.5. The van der Waals surface area contributed by atoms with E-state index in [1.54, 1.807) is 6.20 Å². The summed E-state index contributed by atoms with van der Waals surface area (Å²) in [5.41, 5.74) is 2.59. The van der Waals surface area contributed by atoms with Crippen LogP contribution in [0.1, 0.15) is 33.1 Å². The molecule has 10 nitrogen and oxygen atoms in total. The SMILES string of the molecule is COc1ncc(C2=CCOCC2)c2sc(NC(=O)c3cnc(C(=O)O)[nH]3)nc12. The average molecular weight is 401 g/mol. The van der Waals surface area contributed by atoms with Crippen LogP contribution in [0.25, 0.3) is 15.8 Å². The highest BCUT2D eigenvalue weighted by atomic mass is 32.1. The van der Waals surface area contributed by atoms with E-state index < -0.39 is 11.9 Å². The van der Waals surface area contributed by atoms with E-state index in [0.717, 1.165) is 28.5 Å². The van der Waals surface area contributed by atoms with Gasteiger partial charge < -0.3 is 19.6 Å². The van der Waals surface area contributed by atoms with Gasteiger partial charge in [-0.15, -0.1) is 0 Å². The van der Waals surface area contributed by atoms with E-state index in [1.165, 1.54) is 18.4 Å². The molecule has 0 bridgehead atoms. The largest absolute Gasteiger partial charge is 0.479 e. The number of aromatic amines is 1. The number of aromatic carboxylic acids is 1. The molecular formula is C17H15N5O5S. The molecule has 0 fully saturated rings. The van der Waals surface area contributed by atoms with E-state index in [0.29, 0.717) is 29.7 Å². The zero-order valence-electron chi connectivity index (χ0n) is 14.7. The molecule has 3 aromatic heterocycles. The van der Waals surface area contributed by atoms with Crippen LogP contribution in [0.5, 0.6) is 5.88 Å². The molecule has 0 saturated carbocycles. The molecule has 144 valence electrons. The summed E-state index contributed by atoms with van der Waals surface area (Å²) in [6.07, 6.45) is 5.65. The molecule has 1 aliphatic heterocycles. The second kappa shape index (κ2) is 7.37. The van der Waals surface area contributed by atoms with Crippen LogP contribution in [-0.2, 0) is 4.74 Å². The van der Waals surface area contributed by atoms with Gasteiger partial charge in [-0.25, -0.2) is 19.7 Å². The van der Waals surface area contributed by atoms with Gasteiger partial charge in [-0.2, -0.15) is 0 Å². The number of amides is 1. The van der Waals surface area contributed by atoms with Crippen LogP contribution < -0.4 is 10.1 Å². The van der Waals surface area contributed by atoms with Crippen LogP contribution in [0.2, 0.25) is 0 Å². The number of carboxylic acid groups (broad SMARTS) is 1. The van der Waals surface area contributed by atoms with Gasteiger partial charge in [0.2, 0.25) is 11.7 Å². The summed E-state index contributed by atoms with van der Waals surface area (Å²) in [6, 6.07) is 0. The summed E-state index contributed by atoms with van der Waals surface area (Å²) in [6.45, 7) is 1.17. The van der Waals surface area contributed by atoms with E-state index in [-0.39, 0.29) is 11.5 Å². The first kappa shape index (κ1) is 18.1. The normalized spacial score (nSPS) is 14.0. The van der Waals surface area contributed by atoms with Crippen molar-refractivity contribution in [2.75, 3.05) is 25.6 Å². The number of ether oxygens (including phenoxy) is 2. The van der Waals surface area contributed by atoms with E-state index >= 15 is 0 Å². The number of rotatable bonds is 5. The first-order valence-electron chi connectivity index (χ1n) is 8.27. The van der Waals surface area contributed by atoms with Gasteiger partial charge in [0, 0.05) is 11.8 Å². The number of carbonyl (C=O) groups excluding carboxylic acids is 1. The number of anilines is 1. The molecular weight excluding hydrogens is 386 g/mol. The third-order valence-electron chi connectivity index (χ3n) is 4.13. The molecule has 28 heavy (non-hydrogen) atoms. The number of pyridine rings is 1. The maximum Gasteiger partial charge on any atom is 0.371 e. The minimum Gasteiger partial charge on any atom is -0.479 e. The van der Waals surface area contributed by atoms with Crippen LogP contribution >= 0.6 is 11.3 Å². The van der Waals surface area contributed by atoms with Crippen molar-refractivity contribution in [1.82, 2.24) is 19.9 Å². The Bertz CT molecular complexity index is 1100. The number of hydrogen-bond acceptors (Lipinski definition) is 8. The Morgan fingerprint density at radius 3 is 2.89 bits per heavy atom. The number of aromatic nitrogens is 4. The van der Waals surface area contributed by atoms with Crippen LogP contribution in [0, 0.1) is 0 Å². The maximum absolute atomic E-state index is 12.4. The molecule has 0 radical (unpaired) electrons. The second-order valence-corrected chi connectivity index (χ2v) is 6.84. The van der Waals surface area contributed by atoms with E-state index in [9.17, 15) is 9.59 Å². The van der Waals surface area contributed by atoms with E-state index in [1.807, 2.05) is 6.08 Å². The fraction of sp³-hybridized carbons (Fsp3) is 0.235. The van der Waals surface area contributed by atoms with Crippen molar-refractivity contribution in [1.29, 1.82) is 0 Å². The van der Waals surface area contributed by atoms with Gasteiger partial charge in [-0.3, -0.25) is 10.1 Å². The van der Waals surface area contributed by atoms with Crippen LogP contribution in [0.4, 0.5) is 5.13 Å². The molecule has 3 N–H and O–H groups in total. The van der Waals surface area contributed by atoms with Gasteiger partial charge in [0.1, 0.15) is 11.2 Å². The molecule has 0 atom stereocenters. The Hall–Kier alpha value is -3.31. The Balaban J connectivity index is 1.68. The number of imidazole rings is 1. The zero-order valence-corrected chi connectivity index (χ0v) is 15.5. The molecule has 0 spiro atoms. The molecule has 4 heterocycles. The van der Waals surface area contributed by atoms with Crippen LogP contribution in [0.3, 0.4) is 0 Å². The highest BCUT2D eigenvalue weighted by molar-refractivity contribution is 7.22. The first-order valence-corrected chi connectivity index (χ1v) is 9.08. The standard InChI is InChI=1S/C17H15N5O5S/c1-26-15-11-12(9(6-19-15)8-2-4-27-5-3-8)28-17(21-11)22-14(23)10-7-18-13(20-10)16(24)25/h2,6-7H,3-5H2,1H3,(H,18,20)(H,24,25)(H,21,22,23). The molecule has 3 aromatic rings. The number of thiazole rings is 1. The van der Waals surface area contributed by atoms with Gasteiger partial charge in [-0.1, -0.05) is 17.4 Å². The lowest BCUT2D eigenvalue weighted by Gasteiger charge is -2.14. The molecule has 0 unspecified atom stereocenters. The molecule has 1 aliphatic rings. The average Bonchev–Trinajstić information content (AvgIpc) is 3.35. The molecule has 4 rings (SSSR count). The number of H-pyrrole nitrogens is 1.